The lowest BCUT2D eigenvalue weighted by atomic mass is 9.57. The minimum absolute atomic E-state index is 0. The van der Waals surface area contributed by atoms with Gasteiger partial charge in [0.05, 0.1) is 53.1 Å². The molecule has 0 saturated carbocycles. The normalized spacial score (nSPS) is 29.7. The molecule has 10 rings (SSSR count). The van der Waals surface area contributed by atoms with Crippen molar-refractivity contribution in [3.05, 3.63) is 177 Å². The molecule has 0 spiro atoms. The fraction of sp³-hybridized carbons (Fsp3) is 0.383. The summed E-state index contributed by atoms with van der Waals surface area (Å²) in [7, 11) is 0. The molecule has 14 heteroatoms. The van der Waals surface area contributed by atoms with Gasteiger partial charge in [0.25, 0.3) is 0 Å². The number of aliphatic hydroxyl groups excluding tert-OH is 1. The second kappa shape index (κ2) is 21.6. The summed E-state index contributed by atoms with van der Waals surface area (Å²) in [5.41, 5.74) is 6.31. The van der Waals surface area contributed by atoms with Gasteiger partial charge in [-0.25, -0.2) is 47.2 Å². The molecule has 0 fully saturated rings. The first kappa shape index (κ1) is 11.7. The molecule has 0 bridgehead atoms. The number of alkyl halides is 2. The number of carbonyl (C=O) groups excluding carboxylic acids is 1. The maximum atomic E-state index is 15.1. The van der Waals surface area contributed by atoms with Crippen molar-refractivity contribution >= 4 is 5.78 Å². The molecule has 10 nitrogen and oxygen atoms in total. The van der Waals surface area contributed by atoms with E-state index in [1.54, 1.807) is 60.7 Å². The van der Waals surface area contributed by atoms with Crippen LogP contribution < -0.4 is 0 Å². The van der Waals surface area contributed by atoms with E-state index in [1.165, 1.54) is 24.5 Å². The summed E-state index contributed by atoms with van der Waals surface area (Å²) in [6.07, 6.45) is 12.1. The average molecular weight is 1500 g/mol. The van der Waals surface area contributed by atoms with Crippen molar-refractivity contribution in [2.24, 2.45) is 23.7 Å². The van der Waals surface area contributed by atoms with Crippen molar-refractivity contribution in [2.75, 3.05) is 0 Å². The minimum atomic E-state index is -0.724. The minimum Gasteiger partial charge on any atom is -0.524 e. The van der Waals surface area contributed by atoms with Crippen molar-refractivity contribution in [1.29, 1.82) is 0 Å². The van der Waals surface area contributed by atoms with Crippen molar-refractivity contribution in [1.82, 2.24) is 29.9 Å². The molecule has 4 aromatic heterocycles. The first-order valence-corrected chi connectivity index (χ1v) is 25.5. The summed E-state index contributed by atoms with van der Waals surface area (Å²) >= 11 is 0. The highest BCUT2D eigenvalue weighted by Gasteiger charge is 2.51. The number of pyridine rings is 2. The van der Waals surface area contributed by atoms with Gasteiger partial charge in [0, 0.05) is 308 Å². The van der Waals surface area contributed by atoms with Gasteiger partial charge >= 0.3 is 0 Å². The zero-order chi connectivity index (χ0) is 216. The number of benzene rings is 2. The fourth-order valence-electron chi connectivity index (χ4n) is 11.7. The third-order valence-corrected chi connectivity index (χ3v) is 15.5. The maximum Gasteiger partial charge on any atom is 0.226 e. The van der Waals surface area contributed by atoms with Gasteiger partial charge in [-0.15, -0.1) is 0 Å². The predicted molar refractivity (Wildman–Crippen MR) is 451 cm³/mol. The van der Waals surface area contributed by atoms with Gasteiger partial charge in [-0.05, 0) is 130 Å². The van der Waals surface area contributed by atoms with Crippen LogP contribution in [0.15, 0.2) is 108 Å². The van der Waals surface area contributed by atoms with Crippen LogP contribution in [0.2, 0.25) is 0 Å². The lowest BCUT2D eigenvalue weighted by Gasteiger charge is -2.48. The molecule has 4 heterocycles. The first-order valence-electron chi connectivity index (χ1n) is 107. The SMILES string of the molecule is [3HH].[3H][3H].[3H][3H].[3H][3H].[3H][3H].[3H][3H].[3H][3H].[3H][3H].[3H][3H].[3H][3H].[3H][3H].[3H][3H].[3H][3H].[3H][3H].[3H][3H].[3H][3H].[3H][3H].[3H][3H].[3H][3H].[3H][3H].[3H][3H].[3H][3H].[3H][3H].[3H][3H].[3H][3H].[3H][3H].[3H][3H].[3H][3H].[3H][3H].[3H][3H].[3H][3H].[3H][3H].[3H][3H].[3H][3H].[3H][3H].[3H][3H].[3H][3H].[3H][3H].[3H][3H].[3H][3H].[3H][3H].[3H][3H].[3H][3H].[3H][3H].[3H][3H].[3H][3H].[3H][3H].[3H][3H].[3H][3H].[3H][3H].[3H][3H].[3H][3H].[3H][3H].[3H][3H].[3H][3H].[3H][3H].[3H][3H].[3H][3H].[3H][3H].[3H][3H].[3H][3H].[3H][3H].[3H][3H].[3H][3H].[3H][3H].[3H][3H].[3H][3H].[3H][3H].[3H][3H].[3H][3H].[3H][3H].[3H][3H].[3H][3H].[3H][3H].[3H][3H].[3H][3H].[3H][3H].[3H][3H].[3H][3H].[3H][3H].[3H][3H].[3H][3H].[3H][3H].[C-]#[N+]C1=C(O)C[C@H]2CCc3c(-c4ccccc4F)nc(-c4ccnc(CF)c4)nc3[C@]2(CCC(C)C)C1.[C-]#[N+]C1=C[C@@]2(CCC(C)C)c3nc(-c4ccnc(CF)c4)nc(-c4ccccc4F)c3CC[C@@H]2CC1=O. The number of fused-ring (bicyclic) bond motifs is 6. The van der Waals surface area contributed by atoms with Gasteiger partial charge in [0.1, 0.15) is 25.0 Å². The van der Waals surface area contributed by atoms with Crippen molar-refractivity contribution < 1.29 is 272 Å². The van der Waals surface area contributed by atoms with Crippen LogP contribution in [0.25, 0.3) is 55.0 Å². The molecule has 6 aromatic rings. The summed E-state index contributed by atoms with van der Waals surface area (Å²) in [5, 5.41) is 10.6. The first-order chi connectivity index (χ1) is 118. The number of halogens is 4. The highest BCUT2D eigenvalue weighted by Crippen LogP contribution is 2.56. The standard InChI is InChI=1S/C30H30F2N4O.C30H28F2N4O.83H2/c2*1-18(2)10-12-30-16-25(33-3)26(37)15-20(30)8-9-23-27(22-6-4-5-7-24(22)32)35-29(36-28(23)30)19-11-13-34-21(14-19)17-31;;;;;;;;;;;;;;;;;;;;;;;;;;;;;;;;;;;;;;;;;;;;;;;;;;;;;;;;;;;;;;;;;;;;;;;;;;;;;;;;;;;/h4-7,11,13-14,18,20,37H,8-10,12,15-17H2,1-2H3;4-7,11,13-14,16,18,20H,8-10,12,15,17H2,1-2H3;83*1H/t2*20-,30-;;;;;;;;;;;;;;;;;;;;;;;;;;;;;;;;;;;;;;;;;;;;;;;;;;;;;;;;;;;;;;;;;;;;;;;;;;;;;;;;;;;/m11.................................................................................../s1/i;;82*1+2T;1+2. The molecule has 0 unspecified atom stereocenters. The summed E-state index contributed by atoms with van der Waals surface area (Å²) < 4.78 is 877. The highest BCUT2D eigenvalue weighted by molar-refractivity contribution is 5.98. The number of aliphatic hydroxyl groups is 1. The Labute approximate surface area is 684 Å². The zero-order valence-corrected chi connectivity index (χ0v) is 42.1. The molecule has 0 saturated heterocycles. The van der Waals surface area contributed by atoms with Crippen LogP contribution in [-0.4, -0.2) is 40.8 Å². The summed E-state index contributed by atoms with van der Waals surface area (Å²) in [6.45, 7) is 22.6. The molecular weight excluding hydrogens is 941 g/mol. The Morgan fingerprint density at radius 2 is 1.24 bits per heavy atom. The second-order valence-electron chi connectivity index (χ2n) is 20.9. The molecule has 74 heavy (non-hydrogen) atoms. The van der Waals surface area contributed by atoms with E-state index in [9.17, 15) is 18.7 Å². The molecule has 4 aliphatic rings. The van der Waals surface area contributed by atoms with Gasteiger partial charge in [-0.3, -0.25) is 9.97 Å². The van der Waals surface area contributed by atoms with E-state index in [-0.39, 0.29) is 53.5 Å². The van der Waals surface area contributed by atoms with Crippen molar-refractivity contribution in [3.8, 4) is 45.3 Å². The van der Waals surface area contributed by atoms with Gasteiger partial charge in [-0.2, -0.15) is 0 Å². The fourth-order valence-corrected chi connectivity index (χ4v) is 11.7. The summed E-state index contributed by atoms with van der Waals surface area (Å²) in [4.78, 5) is 48.0. The smallest absolute Gasteiger partial charge is 0.226 e. The topological polar surface area (TPSA) is 123 Å². The molecule has 544 valence electrons. The van der Waals surface area contributed by atoms with Crippen LogP contribution >= 0.6 is 0 Å². The van der Waals surface area contributed by atoms with E-state index in [0.29, 0.717) is 101 Å². The Bertz CT molecular complexity index is 3500. The van der Waals surface area contributed by atoms with Gasteiger partial charge in [0.2, 0.25) is 11.4 Å². The number of rotatable bonds is 12. The maximum absolute atomic E-state index is 15.1. The number of Topliss-reactive ketones (excluding diaryl/α,β-unsaturated/α-hetero) is 1. The molecule has 0 radical (unpaired) electrons. The van der Waals surface area contributed by atoms with Gasteiger partial charge in [-0.1, -0.05) is 64.5 Å². The Hall–Kier alpha value is -7.45. The van der Waals surface area contributed by atoms with E-state index in [2.05, 4.69) is 47.4 Å². The number of allylic oxidation sites excluding steroid dienone is 4. The summed E-state index contributed by atoms with van der Waals surface area (Å²) in [5.74, 6) is 0.987. The Balaban J connectivity index is -0.0000000169. The molecular formula is C60H224F4N8O2. The Morgan fingerprint density at radius 3 is 1.77 bits per heavy atom. The number of hydrogen-bond acceptors (Lipinski definition) is 8. The number of ketones is 1. The number of hydrogen-bond donors (Lipinski definition) is 1. The largest absolute Gasteiger partial charge is 0.524 e. The van der Waals surface area contributed by atoms with Crippen LogP contribution in [0.4, 0.5) is 17.6 Å². The van der Waals surface area contributed by atoms with Gasteiger partial charge < -0.3 is 9.90 Å². The van der Waals surface area contributed by atoms with Crippen molar-refractivity contribution in [2.45, 2.75) is 123 Å². The number of nitrogens with zero attached hydrogens (tertiary/aromatic N) is 8. The molecule has 1 N–H and O–H groups in total. The molecule has 4 aliphatic carbocycles. The summed E-state index contributed by atoms with van der Waals surface area (Å²) in [6, 6.07) is 19.8. The van der Waals surface area contributed by atoms with Crippen LogP contribution in [0.1, 0.15) is 364 Å². The van der Waals surface area contributed by atoms with Crippen LogP contribution in [0.5, 0.6) is 0 Å². The molecule has 4 atom stereocenters. The highest BCUT2D eigenvalue weighted by atomic mass is 19.1. The van der Waals surface area contributed by atoms with E-state index in [0.717, 1.165) is 54.6 Å². The van der Waals surface area contributed by atoms with Crippen molar-refractivity contribution in [3.63, 3.8) is 0 Å². The lowest BCUT2D eigenvalue weighted by molar-refractivity contribution is -0.117. The molecule has 2 aromatic carbocycles. The number of carbonyl (C=O) groups is 1. The molecule has 0 amide bonds. The quantitative estimate of drug-likeness (QED) is 0.0949. The van der Waals surface area contributed by atoms with E-state index in [4.69, 9.17) is 277 Å². The monoisotopic (exact) mass is 1500 g/mol. The Kier molecular flexibility index (Phi) is 3.40. The zero-order valence-electron chi connectivity index (χ0n) is 206. The second-order valence-corrected chi connectivity index (χ2v) is 20.9. The third-order valence-electron chi connectivity index (χ3n) is 15.5. The van der Waals surface area contributed by atoms with Crippen LogP contribution in [0.3, 0.4) is 0 Å². The lowest BCUT2D eigenvalue weighted by Crippen LogP contribution is -2.44. The Morgan fingerprint density at radius 1 is 0.716 bits per heavy atom. The van der Waals surface area contributed by atoms with Crippen LogP contribution in [0, 0.1) is 48.5 Å². The van der Waals surface area contributed by atoms with Crippen LogP contribution in [-0.2, 0) is 41.8 Å². The average Bonchev–Trinajstić information content (AvgIpc) is 0.719. The molecule has 0 aliphatic heterocycles. The van der Waals surface area contributed by atoms with E-state index < -0.39 is 24.2 Å². The predicted octanol–water partition coefficient (Wildman–Crippen LogP) is 34.8. The van der Waals surface area contributed by atoms with E-state index >= 15 is 8.78 Å². The van der Waals surface area contributed by atoms with E-state index in [1.807, 2.05) is 6.08 Å². The third kappa shape index (κ3) is 9.87. The number of aromatic nitrogens is 6. The van der Waals surface area contributed by atoms with Gasteiger partial charge in [0.15, 0.2) is 17.4 Å².